The molecule has 2 aliphatic heterocycles. The van der Waals surface area contributed by atoms with Crippen LogP contribution in [0.25, 0.3) is 11.0 Å². The summed E-state index contributed by atoms with van der Waals surface area (Å²) in [5.41, 5.74) is 3.24. The summed E-state index contributed by atoms with van der Waals surface area (Å²) in [6.07, 6.45) is 5.40. The van der Waals surface area contributed by atoms with Crippen LogP contribution in [0, 0.1) is 5.41 Å². The molecule has 0 unspecified atom stereocenters. The van der Waals surface area contributed by atoms with Gasteiger partial charge < -0.3 is 19.9 Å². The number of amides is 1. The number of aliphatic hydroxyl groups excluding tert-OH is 1. The van der Waals surface area contributed by atoms with Crippen molar-refractivity contribution in [1.29, 1.82) is 0 Å². The Labute approximate surface area is 225 Å². The summed E-state index contributed by atoms with van der Waals surface area (Å²) in [5, 5.41) is 12.6. The first-order valence-electron chi connectivity index (χ1n) is 13.2. The lowest BCUT2D eigenvalue weighted by Crippen LogP contribution is -2.35. The van der Waals surface area contributed by atoms with Crippen molar-refractivity contribution in [3.05, 3.63) is 47.8 Å². The Hall–Kier alpha value is -3.25. The normalized spacial score (nSPS) is 19.6. The maximum atomic E-state index is 14.0. The number of hydrogen-bond acceptors (Lipinski definition) is 6. The molecule has 2 aromatic heterocycles. The number of rotatable bonds is 7. The van der Waals surface area contributed by atoms with E-state index in [1.54, 1.807) is 35.0 Å². The minimum atomic E-state index is -3.74. The Morgan fingerprint density at radius 1 is 1.05 bits per heavy atom. The van der Waals surface area contributed by atoms with Crippen molar-refractivity contribution in [1.82, 2.24) is 9.55 Å². The van der Waals surface area contributed by atoms with Crippen LogP contribution in [0.4, 0.5) is 25.8 Å². The van der Waals surface area contributed by atoms with Gasteiger partial charge in [0.25, 0.3) is 11.8 Å². The SMILES string of the molecule is O=C(Nc1ccnc2c1cc1n2CCC(F)(F)C1)c1ccc(NS(=O)(=O)CCO)cc1N1CCC2(CC1)CC2. The highest BCUT2D eigenvalue weighted by Gasteiger charge is 2.44. The molecule has 12 heteroatoms. The smallest absolute Gasteiger partial charge is 0.257 e. The Bertz CT molecular complexity index is 1540. The van der Waals surface area contributed by atoms with E-state index in [0.29, 0.717) is 44.8 Å². The summed E-state index contributed by atoms with van der Waals surface area (Å²) < 4.78 is 56.9. The van der Waals surface area contributed by atoms with Crippen molar-refractivity contribution in [3.63, 3.8) is 0 Å². The van der Waals surface area contributed by atoms with Crippen LogP contribution in [0.15, 0.2) is 36.5 Å². The molecule has 6 rings (SSSR count). The molecule has 1 aliphatic carbocycles. The highest BCUT2D eigenvalue weighted by atomic mass is 32.2. The van der Waals surface area contributed by atoms with E-state index >= 15 is 0 Å². The Morgan fingerprint density at radius 3 is 2.54 bits per heavy atom. The summed E-state index contributed by atoms with van der Waals surface area (Å²) >= 11 is 0. The zero-order chi connectivity index (χ0) is 27.4. The standard InChI is InChI=1S/C27H31F2N5O4S/c28-27(29)8-12-34-19(17-27)16-21-22(3-9-30-24(21)34)31-25(36)20-2-1-18(32-39(37,38)14-13-35)15-23(20)33-10-6-26(4-5-26)7-11-33/h1-3,9,15-16,32,35H,4-8,10-14,17H2,(H,30,31,36). The largest absolute Gasteiger partial charge is 0.395 e. The molecule has 0 bridgehead atoms. The number of hydrogen-bond donors (Lipinski definition) is 3. The van der Waals surface area contributed by atoms with E-state index in [1.165, 1.54) is 18.9 Å². The molecule has 3 aromatic rings. The van der Waals surface area contributed by atoms with Crippen molar-refractivity contribution < 1.29 is 27.1 Å². The number of pyridine rings is 1. The average Bonchev–Trinajstić information content (AvgIpc) is 3.53. The van der Waals surface area contributed by atoms with Gasteiger partial charge in [0.2, 0.25) is 10.0 Å². The second-order valence-corrected chi connectivity index (χ2v) is 12.8. The van der Waals surface area contributed by atoms with Crippen LogP contribution in [0.5, 0.6) is 0 Å². The number of halogens is 2. The van der Waals surface area contributed by atoms with Crippen LogP contribution < -0.4 is 14.9 Å². The predicted octanol–water partition coefficient (Wildman–Crippen LogP) is 3.98. The predicted molar refractivity (Wildman–Crippen MR) is 145 cm³/mol. The van der Waals surface area contributed by atoms with E-state index in [-0.39, 0.29) is 25.3 Å². The number of aryl methyl sites for hydroxylation is 1. The van der Waals surface area contributed by atoms with Crippen LogP contribution >= 0.6 is 0 Å². The van der Waals surface area contributed by atoms with Gasteiger partial charge in [-0.25, -0.2) is 22.2 Å². The first-order chi connectivity index (χ1) is 18.6. The Balaban J connectivity index is 1.32. The van der Waals surface area contributed by atoms with Crippen LogP contribution in [-0.2, 0) is 23.0 Å². The van der Waals surface area contributed by atoms with Gasteiger partial charge in [-0.1, -0.05) is 0 Å². The number of alkyl halides is 2. The summed E-state index contributed by atoms with van der Waals surface area (Å²) in [4.78, 5) is 20.2. The molecule has 4 heterocycles. The molecule has 2 fully saturated rings. The number of sulfonamides is 1. The van der Waals surface area contributed by atoms with E-state index < -0.39 is 28.3 Å². The third-order valence-electron chi connectivity index (χ3n) is 8.27. The van der Waals surface area contributed by atoms with Gasteiger partial charge in [0, 0.05) is 43.3 Å². The number of nitrogens with one attached hydrogen (secondary N) is 2. The highest BCUT2D eigenvalue weighted by molar-refractivity contribution is 7.92. The highest BCUT2D eigenvalue weighted by Crippen LogP contribution is 2.54. The number of anilines is 3. The second-order valence-electron chi connectivity index (χ2n) is 11.0. The molecular formula is C27H31F2N5O4S. The lowest BCUT2D eigenvalue weighted by Gasteiger charge is -2.35. The number of piperidine rings is 1. The minimum absolute atomic E-state index is 0.157. The molecule has 3 N–H and O–H groups in total. The number of carbonyl (C=O) groups is 1. The number of aromatic nitrogens is 2. The molecule has 1 amide bonds. The van der Waals surface area contributed by atoms with Crippen LogP contribution in [0.2, 0.25) is 0 Å². The Kier molecular flexibility index (Phi) is 6.29. The maximum absolute atomic E-state index is 14.0. The third-order valence-corrected chi connectivity index (χ3v) is 9.54. The summed E-state index contributed by atoms with van der Waals surface area (Å²) in [7, 11) is -3.74. The molecular weight excluding hydrogens is 528 g/mol. The van der Waals surface area contributed by atoms with Gasteiger partial charge >= 0.3 is 0 Å². The van der Waals surface area contributed by atoms with Crippen molar-refractivity contribution in [2.24, 2.45) is 5.41 Å². The van der Waals surface area contributed by atoms with Crippen LogP contribution in [0.3, 0.4) is 0 Å². The number of nitrogens with zero attached hydrogens (tertiary/aromatic N) is 3. The van der Waals surface area contributed by atoms with Crippen molar-refractivity contribution in [3.8, 4) is 0 Å². The zero-order valence-corrected chi connectivity index (χ0v) is 22.2. The van der Waals surface area contributed by atoms with Gasteiger partial charge in [-0.05, 0) is 61.4 Å². The lowest BCUT2D eigenvalue weighted by molar-refractivity contribution is -0.0219. The number of carbonyl (C=O) groups excluding carboxylic acids is 1. The monoisotopic (exact) mass is 559 g/mol. The molecule has 1 aromatic carbocycles. The second kappa shape index (κ2) is 9.44. The molecule has 1 saturated heterocycles. The van der Waals surface area contributed by atoms with E-state index in [4.69, 9.17) is 5.11 Å². The van der Waals surface area contributed by atoms with Gasteiger partial charge in [0.15, 0.2) is 0 Å². The molecule has 0 radical (unpaired) electrons. The van der Waals surface area contributed by atoms with E-state index in [0.717, 1.165) is 25.9 Å². The maximum Gasteiger partial charge on any atom is 0.257 e. The summed E-state index contributed by atoms with van der Waals surface area (Å²) in [5.74, 6) is -3.58. The van der Waals surface area contributed by atoms with Gasteiger partial charge in [0.1, 0.15) is 5.65 Å². The molecule has 208 valence electrons. The van der Waals surface area contributed by atoms with E-state index in [2.05, 4.69) is 19.9 Å². The lowest BCUT2D eigenvalue weighted by atomic mass is 9.93. The van der Waals surface area contributed by atoms with Gasteiger partial charge in [-0.2, -0.15) is 0 Å². The minimum Gasteiger partial charge on any atom is -0.395 e. The molecule has 9 nitrogen and oxygen atoms in total. The summed E-state index contributed by atoms with van der Waals surface area (Å²) in [6.45, 7) is 1.17. The summed E-state index contributed by atoms with van der Waals surface area (Å²) in [6, 6.07) is 8.10. The topological polar surface area (TPSA) is 117 Å². The van der Waals surface area contributed by atoms with Crippen molar-refractivity contribution in [2.45, 2.75) is 51.0 Å². The van der Waals surface area contributed by atoms with Crippen LogP contribution in [0.1, 0.15) is 48.2 Å². The number of fused-ring (bicyclic) bond motifs is 3. The number of aliphatic hydroxyl groups is 1. The van der Waals surface area contributed by atoms with Gasteiger partial charge in [0.05, 0.1) is 41.4 Å². The third kappa shape index (κ3) is 5.19. The fraction of sp³-hybridized carbons (Fsp3) is 0.481. The number of benzene rings is 1. The van der Waals surface area contributed by atoms with Crippen molar-refractivity contribution >= 4 is 44.0 Å². The van der Waals surface area contributed by atoms with E-state index in [9.17, 15) is 22.0 Å². The first-order valence-corrected chi connectivity index (χ1v) is 14.9. The van der Waals surface area contributed by atoms with Crippen molar-refractivity contribution in [2.75, 3.05) is 40.4 Å². The average molecular weight is 560 g/mol. The molecule has 0 atom stereocenters. The Morgan fingerprint density at radius 2 is 1.82 bits per heavy atom. The zero-order valence-electron chi connectivity index (χ0n) is 21.4. The fourth-order valence-corrected chi connectivity index (χ4v) is 6.65. The van der Waals surface area contributed by atoms with Gasteiger partial charge in [-0.15, -0.1) is 0 Å². The van der Waals surface area contributed by atoms with Crippen LogP contribution in [-0.4, -0.2) is 60.4 Å². The fourth-order valence-electron chi connectivity index (χ4n) is 5.82. The van der Waals surface area contributed by atoms with E-state index in [1.807, 2.05) is 0 Å². The quantitative estimate of drug-likeness (QED) is 0.403. The molecule has 39 heavy (non-hydrogen) atoms. The molecule has 3 aliphatic rings. The first kappa shape index (κ1) is 26.0. The molecule has 1 spiro atoms. The van der Waals surface area contributed by atoms with Gasteiger partial charge in [-0.3, -0.25) is 9.52 Å². The molecule has 1 saturated carbocycles.